The van der Waals surface area contributed by atoms with E-state index in [1.54, 1.807) is 25.1 Å². The molecule has 0 aliphatic carbocycles. The van der Waals surface area contributed by atoms with Crippen molar-refractivity contribution in [2.24, 2.45) is 0 Å². The smallest absolute Gasteiger partial charge is 0.417 e. The Bertz CT molecular complexity index is 1380. The number of rotatable bonds is 6. The van der Waals surface area contributed by atoms with E-state index in [-0.39, 0.29) is 17.4 Å². The van der Waals surface area contributed by atoms with Crippen LogP contribution in [-0.4, -0.2) is 27.7 Å². The highest BCUT2D eigenvalue weighted by molar-refractivity contribution is 7.92. The highest BCUT2D eigenvalue weighted by Crippen LogP contribution is 2.38. The molecular weight excluding hydrogens is 509 g/mol. The molecule has 1 heterocycles. The summed E-state index contributed by atoms with van der Waals surface area (Å²) in [5.74, 6) is 0.0786. The van der Waals surface area contributed by atoms with Gasteiger partial charge in [0, 0.05) is 11.8 Å². The second-order valence-corrected chi connectivity index (χ2v) is 9.87. The Hall–Kier alpha value is -3.44. The van der Waals surface area contributed by atoms with Gasteiger partial charge >= 0.3 is 6.18 Å². The zero-order valence-electron chi connectivity index (χ0n) is 18.1. The first-order chi connectivity index (χ1) is 16.4. The first-order valence-electron chi connectivity index (χ1n) is 10.1. The largest absolute Gasteiger partial charge is 0.454 e. The lowest BCUT2D eigenvalue weighted by Gasteiger charge is -2.25. The molecule has 0 unspecified atom stereocenters. The second kappa shape index (κ2) is 9.31. The summed E-state index contributed by atoms with van der Waals surface area (Å²) in [7, 11) is -4.43. The topological polar surface area (TPSA) is 84.9 Å². The van der Waals surface area contributed by atoms with Gasteiger partial charge in [-0.25, -0.2) is 8.42 Å². The van der Waals surface area contributed by atoms with E-state index in [2.05, 4.69) is 5.32 Å². The van der Waals surface area contributed by atoms with E-state index in [1.807, 2.05) is 0 Å². The zero-order chi connectivity index (χ0) is 25.4. The molecule has 0 saturated heterocycles. The summed E-state index contributed by atoms with van der Waals surface area (Å²) in [4.78, 5) is 12.6. The lowest BCUT2D eigenvalue weighted by Crippen LogP contribution is -2.38. The number of nitrogens with one attached hydrogen (secondary N) is 1. The standard InChI is InChI=1S/C23H18ClF3N2O5S/c1-14-2-6-17(7-3-14)35(31,32)29(16-5-8-19(24)18(11-16)23(25,26)27)12-22(30)28-15-4-9-20-21(10-15)34-13-33-20/h2-11H,12-13H2,1H3,(H,28,30). The molecular formula is C23H18ClF3N2O5S. The van der Waals surface area contributed by atoms with E-state index >= 15 is 0 Å². The molecule has 1 amide bonds. The minimum atomic E-state index is -4.83. The number of halogens is 4. The molecule has 0 aromatic heterocycles. The number of amides is 1. The lowest BCUT2D eigenvalue weighted by molar-refractivity contribution is -0.137. The van der Waals surface area contributed by atoms with Crippen LogP contribution in [0.5, 0.6) is 11.5 Å². The summed E-state index contributed by atoms with van der Waals surface area (Å²) in [5.41, 5.74) is -0.527. The first-order valence-corrected chi connectivity index (χ1v) is 11.9. The maximum absolute atomic E-state index is 13.5. The number of fused-ring (bicyclic) bond motifs is 1. The number of benzene rings is 3. The van der Waals surface area contributed by atoms with Gasteiger partial charge in [0.15, 0.2) is 11.5 Å². The quantitative estimate of drug-likeness (QED) is 0.475. The molecule has 3 aromatic carbocycles. The predicted octanol–water partition coefficient (Wildman–Crippen LogP) is 5.23. The highest BCUT2D eigenvalue weighted by atomic mass is 35.5. The molecule has 1 N–H and O–H groups in total. The van der Waals surface area contributed by atoms with Crippen molar-refractivity contribution in [3.05, 3.63) is 76.8 Å². The number of carbonyl (C=O) groups excluding carboxylic acids is 1. The van der Waals surface area contributed by atoms with Crippen LogP contribution in [0.4, 0.5) is 24.5 Å². The van der Waals surface area contributed by atoms with Crippen LogP contribution in [-0.2, 0) is 21.0 Å². The average molecular weight is 527 g/mol. The molecule has 0 bridgehead atoms. The summed E-state index contributed by atoms with van der Waals surface area (Å²) < 4.78 is 78.3. The molecule has 0 spiro atoms. The van der Waals surface area contributed by atoms with E-state index in [4.69, 9.17) is 21.1 Å². The van der Waals surface area contributed by atoms with Crippen LogP contribution in [0.2, 0.25) is 5.02 Å². The van der Waals surface area contributed by atoms with Gasteiger partial charge < -0.3 is 14.8 Å². The Balaban J connectivity index is 1.70. The van der Waals surface area contributed by atoms with E-state index < -0.39 is 39.2 Å². The molecule has 1 aliphatic rings. The van der Waals surface area contributed by atoms with Crippen molar-refractivity contribution in [2.45, 2.75) is 18.0 Å². The maximum atomic E-state index is 13.5. The van der Waals surface area contributed by atoms with Gasteiger partial charge in [0.25, 0.3) is 10.0 Å². The maximum Gasteiger partial charge on any atom is 0.417 e. The van der Waals surface area contributed by atoms with Crippen LogP contribution < -0.4 is 19.1 Å². The highest BCUT2D eigenvalue weighted by Gasteiger charge is 2.35. The van der Waals surface area contributed by atoms with Crippen LogP contribution in [0.3, 0.4) is 0 Å². The Morgan fingerprint density at radius 3 is 2.40 bits per heavy atom. The number of nitrogens with zero attached hydrogens (tertiary/aromatic N) is 1. The SMILES string of the molecule is Cc1ccc(S(=O)(=O)N(CC(=O)Nc2ccc3c(c2)OCO3)c2ccc(Cl)c(C(F)(F)F)c2)cc1. The Labute approximate surface area is 204 Å². The molecule has 0 saturated carbocycles. The van der Waals surface area contributed by atoms with Crippen LogP contribution >= 0.6 is 11.6 Å². The van der Waals surface area contributed by atoms with Gasteiger partial charge in [-0.2, -0.15) is 13.2 Å². The number of alkyl halides is 3. The molecule has 0 fully saturated rings. The lowest BCUT2D eigenvalue weighted by atomic mass is 10.2. The van der Waals surface area contributed by atoms with Crippen molar-refractivity contribution < 1.29 is 35.9 Å². The fourth-order valence-corrected chi connectivity index (χ4v) is 4.98. The minimum Gasteiger partial charge on any atom is -0.454 e. The van der Waals surface area contributed by atoms with Crippen LogP contribution in [0.25, 0.3) is 0 Å². The molecule has 0 atom stereocenters. The van der Waals surface area contributed by atoms with Gasteiger partial charge in [0.05, 0.1) is 21.2 Å². The monoisotopic (exact) mass is 526 g/mol. The summed E-state index contributed by atoms with van der Waals surface area (Å²) in [6.45, 7) is 0.971. The Morgan fingerprint density at radius 2 is 1.71 bits per heavy atom. The number of hydrogen-bond donors (Lipinski definition) is 1. The summed E-state index contributed by atoms with van der Waals surface area (Å²) in [5, 5.41) is 1.93. The van der Waals surface area contributed by atoms with Gasteiger partial charge in [0.1, 0.15) is 6.54 Å². The summed E-state index contributed by atoms with van der Waals surface area (Å²) >= 11 is 5.70. The van der Waals surface area contributed by atoms with Gasteiger partial charge in [-0.1, -0.05) is 29.3 Å². The normalized spacial score (nSPS) is 12.9. The molecule has 1 aliphatic heterocycles. The molecule has 35 heavy (non-hydrogen) atoms. The fraction of sp³-hybridized carbons (Fsp3) is 0.174. The molecule has 184 valence electrons. The summed E-state index contributed by atoms with van der Waals surface area (Å²) in [6.07, 6.45) is -4.83. The molecule has 4 rings (SSSR count). The summed E-state index contributed by atoms with van der Waals surface area (Å²) in [6, 6.07) is 12.9. The minimum absolute atomic E-state index is 0.0212. The van der Waals surface area contributed by atoms with Gasteiger partial charge in [0.2, 0.25) is 12.7 Å². The molecule has 12 heteroatoms. The van der Waals surface area contributed by atoms with E-state index in [1.165, 1.54) is 24.3 Å². The van der Waals surface area contributed by atoms with E-state index in [0.717, 1.165) is 17.7 Å². The number of ether oxygens (including phenoxy) is 2. The van der Waals surface area contributed by atoms with E-state index in [9.17, 15) is 26.4 Å². The molecule has 7 nitrogen and oxygen atoms in total. The van der Waals surface area contributed by atoms with E-state index in [0.29, 0.717) is 27.6 Å². The van der Waals surface area contributed by atoms with Gasteiger partial charge in [-0.3, -0.25) is 9.10 Å². The van der Waals surface area contributed by atoms with Crippen molar-refractivity contribution in [1.82, 2.24) is 0 Å². The van der Waals surface area contributed by atoms with Gasteiger partial charge in [-0.15, -0.1) is 0 Å². The molecule has 3 aromatic rings. The fourth-order valence-electron chi connectivity index (χ4n) is 3.34. The number of sulfonamides is 1. The van der Waals surface area contributed by atoms with Crippen LogP contribution in [0.1, 0.15) is 11.1 Å². The predicted molar refractivity (Wildman–Crippen MR) is 123 cm³/mol. The van der Waals surface area contributed by atoms with Crippen molar-refractivity contribution in [1.29, 1.82) is 0 Å². The second-order valence-electron chi connectivity index (χ2n) is 7.60. The van der Waals surface area contributed by atoms with Crippen molar-refractivity contribution in [3.8, 4) is 11.5 Å². The first kappa shape index (κ1) is 24.7. The third kappa shape index (κ3) is 5.30. The zero-order valence-corrected chi connectivity index (χ0v) is 19.7. The van der Waals surface area contributed by atoms with Crippen molar-refractivity contribution >= 4 is 38.9 Å². The molecule has 0 radical (unpaired) electrons. The number of hydrogen-bond acceptors (Lipinski definition) is 5. The van der Waals surface area contributed by atoms with Gasteiger partial charge in [-0.05, 0) is 49.4 Å². The van der Waals surface area contributed by atoms with Crippen molar-refractivity contribution in [3.63, 3.8) is 0 Å². The number of carbonyl (C=O) groups is 1. The number of aryl methyl sites for hydroxylation is 1. The van der Waals surface area contributed by atoms with Crippen LogP contribution in [0.15, 0.2) is 65.6 Å². The average Bonchev–Trinajstić information content (AvgIpc) is 3.25. The van der Waals surface area contributed by atoms with Crippen molar-refractivity contribution in [2.75, 3.05) is 23.0 Å². The third-order valence-electron chi connectivity index (χ3n) is 5.10. The Morgan fingerprint density at radius 1 is 1.03 bits per heavy atom. The third-order valence-corrected chi connectivity index (χ3v) is 7.21. The Kier molecular flexibility index (Phi) is 6.56. The van der Waals surface area contributed by atoms with Crippen LogP contribution in [0, 0.1) is 6.92 Å². The number of anilines is 2.